The van der Waals surface area contributed by atoms with Crippen LogP contribution in [0.5, 0.6) is 0 Å². The van der Waals surface area contributed by atoms with Gasteiger partial charge in [0, 0.05) is 41.8 Å². The Kier molecular flexibility index (Phi) is 5.66. The van der Waals surface area contributed by atoms with E-state index in [0.29, 0.717) is 34.6 Å². The van der Waals surface area contributed by atoms with Crippen LogP contribution < -0.4 is 16.0 Å². The number of likely N-dealkylation sites (N-methyl/N-ethyl adjacent to an activating group) is 1. The van der Waals surface area contributed by atoms with E-state index in [-0.39, 0.29) is 29.7 Å². The molecule has 1 fully saturated rings. The van der Waals surface area contributed by atoms with Crippen molar-refractivity contribution in [3.05, 3.63) is 51.4 Å². The third-order valence-electron chi connectivity index (χ3n) is 6.06. The number of benzene rings is 1. The van der Waals surface area contributed by atoms with E-state index in [1.54, 1.807) is 12.1 Å². The molecule has 0 spiro atoms. The highest BCUT2D eigenvalue weighted by Gasteiger charge is 2.30. The first-order valence-corrected chi connectivity index (χ1v) is 11.6. The Morgan fingerprint density at radius 1 is 1.22 bits per heavy atom. The van der Waals surface area contributed by atoms with Crippen LogP contribution in [0.3, 0.4) is 0 Å². The fourth-order valence-corrected chi connectivity index (χ4v) is 5.40. The minimum atomic E-state index is -0.347. The molecule has 1 saturated heterocycles. The highest BCUT2D eigenvalue weighted by atomic mass is 32.1. The number of nitrogens with one attached hydrogen (secondary N) is 4. The van der Waals surface area contributed by atoms with E-state index in [2.05, 4.69) is 37.9 Å². The standard InChI is InChI=1S/C22H25FN6O2S/c1-29-7-5-16-19(11-29)32-22(28-16)21(31)27-18-10-24-6-4-15(18)26-20(30)17-9-12-8-13(23)2-3-14(12)25-17/h2-3,8-9,15,18,24-25H,4-7,10-11H2,1H3,(H,26,30)(H,27,31)/t15-,18+/m0/s1. The molecule has 10 heteroatoms. The molecule has 0 bridgehead atoms. The summed E-state index contributed by atoms with van der Waals surface area (Å²) in [5.74, 6) is -0.832. The zero-order valence-corrected chi connectivity index (χ0v) is 18.5. The molecule has 168 valence electrons. The molecule has 3 aromatic rings. The number of carbonyl (C=O) groups is 2. The van der Waals surface area contributed by atoms with Crippen LogP contribution in [0.4, 0.5) is 4.39 Å². The van der Waals surface area contributed by atoms with Crippen LogP contribution in [-0.4, -0.2) is 65.4 Å². The molecule has 8 nitrogen and oxygen atoms in total. The van der Waals surface area contributed by atoms with Gasteiger partial charge in [0.1, 0.15) is 11.5 Å². The quantitative estimate of drug-likeness (QED) is 0.478. The van der Waals surface area contributed by atoms with E-state index in [0.717, 1.165) is 36.6 Å². The van der Waals surface area contributed by atoms with E-state index < -0.39 is 0 Å². The fraction of sp³-hybridized carbons (Fsp3) is 0.409. The molecule has 0 saturated carbocycles. The normalized spacial score (nSPS) is 21.3. The average molecular weight is 457 g/mol. The second-order valence-electron chi connectivity index (χ2n) is 8.44. The van der Waals surface area contributed by atoms with Gasteiger partial charge in [-0.05, 0) is 44.3 Å². The molecule has 0 aliphatic carbocycles. The van der Waals surface area contributed by atoms with Gasteiger partial charge >= 0.3 is 0 Å². The van der Waals surface area contributed by atoms with Crippen LogP contribution in [0.25, 0.3) is 10.9 Å². The van der Waals surface area contributed by atoms with Gasteiger partial charge in [-0.1, -0.05) is 0 Å². The summed E-state index contributed by atoms with van der Waals surface area (Å²) in [6, 6.07) is 5.51. The number of halogens is 1. The number of rotatable bonds is 4. The Balaban J connectivity index is 1.27. The van der Waals surface area contributed by atoms with E-state index >= 15 is 0 Å². The average Bonchev–Trinajstić information content (AvgIpc) is 3.38. The Labute approximate surface area is 188 Å². The summed E-state index contributed by atoms with van der Waals surface area (Å²) < 4.78 is 13.5. The van der Waals surface area contributed by atoms with Crippen molar-refractivity contribution < 1.29 is 14.0 Å². The number of fused-ring (bicyclic) bond motifs is 2. The molecule has 2 aliphatic heterocycles. The second kappa shape index (κ2) is 8.61. The van der Waals surface area contributed by atoms with Gasteiger partial charge in [0.15, 0.2) is 5.01 Å². The number of amides is 2. The van der Waals surface area contributed by atoms with Crippen molar-refractivity contribution >= 4 is 34.1 Å². The maximum atomic E-state index is 13.5. The Bertz CT molecular complexity index is 1170. The molecule has 32 heavy (non-hydrogen) atoms. The van der Waals surface area contributed by atoms with Crippen molar-refractivity contribution in [1.29, 1.82) is 0 Å². The molecule has 4 N–H and O–H groups in total. The summed E-state index contributed by atoms with van der Waals surface area (Å²) in [6.07, 6.45) is 1.54. The zero-order valence-electron chi connectivity index (χ0n) is 17.7. The molecule has 4 heterocycles. The molecule has 0 unspecified atom stereocenters. The smallest absolute Gasteiger partial charge is 0.280 e. The number of H-pyrrole nitrogens is 1. The van der Waals surface area contributed by atoms with Gasteiger partial charge in [-0.2, -0.15) is 0 Å². The summed E-state index contributed by atoms with van der Waals surface area (Å²) in [5.41, 5.74) is 2.08. The highest BCUT2D eigenvalue weighted by Crippen LogP contribution is 2.24. The van der Waals surface area contributed by atoms with Gasteiger partial charge < -0.3 is 25.8 Å². The molecular formula is C22H25FN6O2S. The number of carbonyl (C=O) groups excluding carboxylic acids is 2. The molecule has 2 aliphatic rings. The first kappa shape index (κ1) is 21.0. The maximum Gasteiger partial charge on any atom is 0.280 e. The predicted molar refractivity (Wildman–Crippen MR) is 120 cm³/mol. The largest absolute Gasteiger partial charge is 0.351 e. The molecule has 2 aromatic heterocycles. The number of piperidine rings is 1. The van der Waals surface area contributed by atoms with Crippen molar-refractivity contribution in [2.24, 2.45) is 0 Å². The Hall–Kier alpha value is -2.82. The minimum Gasteiger partial charge on any atom is -0.351 e. The number of hydrogen-bond donors (Lipinski definition) is 4. The minimum absolute atomic E-state index is 0.207. The van der Waals surface area contributed by atoms with Gasteiger partial charge in [0.2, 0.25) is 0 Å². The molecule has 2 amide bonds. The number of nitrogens with zero attached hydrogens (tertiary/aromatic N) is 2. The van der Waals surface area contributed by atoms with Crippen molar-refractivity contribution in [2.45, 2.75) is 31.5 Å². The van der Waals surface area contributed by atoms with E-state index in [9.17, 15) is 14.0 Å². The number of thiazole rings is 1. The lowest BCUT2D eigenvalue weighted by Gasteiger charge is -2.33. The van der Waals surface area contributed by atoms with Crippen molar-refractivity contribution in [3.63, 3.8) is 0 Å². The van der Waals surface area contributed by atoms with E-state index in [4.69, 9.17) is 0 Å². The van der Waals surface area contributed by atoms with Crippen LogP contribution in [0.2, 0.25) is 0 Å². The SMILES string of the molecule is CN1CCc2nc(C(=O)N[C@@H]3CNCC[C@@H]3NC(=O)c3cc4cc(F)ccc4[nH]3)sc2C1. The summed E-state index contributed by atoms with van der Waals surface area (Å²) in [7, 11) is 2.06. The number of hydrogen-bond acceptors (Lipinski definition) is 6. The Morgan fingerprint density at radius 3 is 2.94 bits per heavy atom. The van der Waals surface area contributed by atoms with Crippen molar-refractivity contribution in [1.82, 2.24) is 30.8 Å². The molecule has 5 rings (SSSR count). The lowest BCUT2D eigenvalue weighted by molar-refractivity contribution is 0.0866. The van der Waals surface area contributed by atoms with Crippen LogP contribution in [0, 0.1) is 5.82 Å². The topological polar surface area (TPSA) is 102 Å². The number of aromatic amines is 1. The van der Waals surface area contributed by atoms with Crippen molar-refractivity contribution in [3.8, 4) is 0 Å². The fourth-order valence-electron chi connectivity index (χ4n) is 4.31. The van der Waals surface area contributed by atoms with Gasteiger partial charge in [-0.3, -0.25) is 9.59 Å². The molecule has 0 radical (unpaired) electrons. The first-order chi connectivity index (χ1) is 15.5. The summed E-state index contributed by atoms with van der Waals surface area (Å²) in [6.45, 7) is 3.06. The molecular weight excluding hydrogens is 431 g/mol. The zero-order chi connectivity index (χ0) is 22.2. The summed E-state index contributed by atoms with van der Waals surface area (Å²) in [5, 5.41) is 10.5. The third-order valence-corrected chi connectivity index (χ3v) is 7.14. The van der Waals surface area contributed by atoms with Gasteiger partial charge in [-0.25, -0.2) is 9.37 Å². The predicted octanol–water partition coefficient (Wildman–Crippen LogP) is 1.64. The van der Waals surface area contributed by atoms with Gasteiger partial charge in [0.25, 0.3) is 11.8 Å². The molecule has 1 aromatic carbocycles. The van der Waals surface area contributed by atoms with Crippen molar-refractivity contribution in [2.75, 3.05) is 26.7 Å². The summed E-state index contributed by atoms with van der Waals surface area (Å²) >= 11 is 1.44. The van der Waals surface area contributed by atoms with Crippen LogP contribution in [0.1, 0.15) is 37.3 Å². The maximum absolute atomic E-state index is 13.5. The molecule has 2 atom stereocenters. The van der Waals surface area contributed by atoms with E-state index in [1.807, 2.05) is 0 Å². The lowest BCUT2D eigenvalue weighted by Crippen LogP contribution is -2.59. The van der Waals surface area contributed by atoms with Gasteiger partial charge in [-0.15, -0.1) is 11.3 Å². The number of aromatic nitrogens is 2. The van der Waals surface area contributed by atoms with E-state index in [1.165, 1.54) is 23.5 Å². The first-order valence-electron chi connectivity index (χ1n) is 10.7. The third kappa shape index (κ3) is 4.25. The van der Waals surface area contributed by atoms with Crippen LogP contribution >= 0.6 is 11.3 Å². The monoisotopic (exact) mass is 456 g/mol. The van der Waals surface area contributed by atoms with Crippen LogP contribution in [0.15, 0.2) is 24.3 Å². The van der Waals surface area contributed by atoms with Crippen LogP contribution in [-0.2, 0) is 13.0 Å². The lowest BCUT2D eigenvalue weighted by atomic mass is 10.0. The highest BCUT2D eigenvalue weighted by molar-refractivity contribution is 7.13. The Morgan fingerprint density at radius 2 is 2.06 bits per heavy atom. The summed E-state index contributed by atoms with van der Waals surface area (Å²) in [4.78, 5) is 36.7. The second-order valence-corrected chi connectivity index (χ2v) is 9.53. The van der Waals surface area contributed by atoms with Gasteiger partial charge in [0.05, 0.1) is 17.8 Å².